The highest BCUT2D eigenvalue weighted by atomic mass is 16.2. The van der Waals surface area contributed by atoms with Crippen LogP contribution in [0.15, 0.2) is 48.5 Å². The van der Waals surface area contributed by atoms with Gasteiger partial charge in [-0.2, -0.15) is 0 Å². The van der Waals surface area contributed by atoms with Gasteiger partial charge in [-0.15, -0.1) is 0 Å². The van der Waals surface area contributed by atoms with E-state index in [1.807, 2.05) is 0 Å². The molecule has 1 aliphatic heterocycles. The molecule has 140 valence electrons. The van der Waals surface area contributed by atoms with Crippen molar-refractivity contribution in [2.24, 2.45) is 23.5 Å². The van der Waals surface area contributed by atoms with E-state index in [4.69, 9.17) is 5.73 Å². The highest BCUT2D eigenvalue weighted by molar-refractivity contribution is 5.81. The molecule has 5 rings (SSSR count). The Morgan fingerprint density at radius 3 is 1.93 bits per heavy atom. The molecular weight excluding hydrogens is 332 g/mol. The molecule has 1 amide bonds. The zero-order valence-corrected chi connectivity index (χ0v) is 15.8. The van der Waals surface area contributed by atoms with Gasteiger partial charge in [0.15, 0.2) is 0 Å². The van der Waals surface area contributed by atoms with Gasteiger partial charge in [-0.25, -0.2) is 0 Å². The van der Waals surface area contributed by atoms with Crippen LogP contribution in [0, 0.1) is 17.8 Å². The van der Waals surface area contributed by atoms with Crippen molar-refractivity contribution in [1.82, 2.24) is 4.90 Å². The molecular formula is C24H28N2O. The summed E-state index contributed by atoms with van der Waals surface area (Å²) in [5, 5.41) is 0. The number of carbonyl (C=O) groups excluding carboxylic acids is 1. The van der Waals surface area contributed by atoms with Gasteiger partial charge in [-0.1, -0.05) is 55.0 Å². The van der Waals surface area contributed by atoms with E-state index in [1.54, 1.807) is 0 Å². The Balaban J connectivity index is 1.45. The lowest BCUT2D eigenvalue weighted by Crippen LogP contribution is -2.49. The predicted octanol–water partition coefficient (Wildman–Crippen LogP) is 4.35. The Morgan fingerprint density at radius 2 is 1.37 bits per heavy atom. The summed E-state index contributed by atoms with van der Waals surface area (Å²) in [5.74, 6) is 1.57. The van der Waals surface area contributed by atoms with Gasteiger partial charge >= 0.3 is 0 Å². The monoisotopic (exact) mass is 360 g/mol. The zero-order chi connectivity index (χ0) is 18.4. The smallest absolute Gasteiger partial charge is 0.226 e. The molecule has 2 aliphatic carbocycles. The van der Waals surface area contributed by atoms with Crippen molar-refractivity contribution >= 4 is 5.91 Å². The number of carbonyl (C=O) groups is 1. The molecule has 3 heteroatoms. The number of nitrogens with two attached hydrogens (primary N) is 1. The first-order valence-electron chi connectivity index (χ1n) is 10.4. The summed E-state index contributed by atoms with van der Waals surface area (Å²) in [6.45, 7) is 1.42. The first-order chi connectivity index (χ1) is 13.2. The summed E-state index contributed by atoms with van der Waals surface area (Å²) in [4.78, 5) is 15.6. The van der Waals surface area contributed by atoms with Crippen LogP contribution in [0.25, 0.3) is 11.1 Å². The maximum atomic E-state index is 13.5. The largest absolute Gasteiger partial charge is 0.334 e. The van der Waals surface area contributed by atoms with E-state index in [0.717, 1.165) is 12.8 Å². The standard InChI is InChI=1S/C24H28N2O/c25-23-16-8-5-9-17(23)13-20(12-16)24(27)26-14-18-6-1-3-10-21(18)22-11-4-2-7-19(22)15-26/h1-4,6-7,10-11,16-17,20,23H,5,8-9,12-15,25H2. The molecule has 2 aromatic rings. The Labute approximate surface area is 161 Å². The normalized spacial score (nSPS) is 29.4. The van der Waals surface area contributed by atoms with Crippen molar-refractivity contribution in [3.63, 3.8) is 0 Å². The van der Waals surface area contributed by atoms with E-state index in [9.17, 15) is 4.79 Å². The van der Waals surface area contributed by atoms with Crippen molar-refractivity contribution in [1.29, 1.82) is 0 Å². The second-order valence-corrected chi connectivity index (χ2v) is 8.71. The summed E-state index contributed by atoms with van der Waals surface area (Å²) < 4.78 is 0. The molecule has 2 bridgehead atoms. The minimum Gasteiger partial charge on any atom is -0.334 e. The molecule has 2 saturated carbocycles. The number of hydrogen-bond donors (Lipinski definition) is 1. The summed E-state index contributed by atoms with van der Waals surface area (Å²) in [6, 6.07) is 17.4. The molecule has 2 atom stereocenters. The number of benzene rings is 2. The van der Waals surface area contributed by atoms with Crippen molar-refractivity contribution in [2.45, 2.75) is 51.2 Å². The number of hydrogen-bond acceptors (Lipinski definition) is 2. The van der Waals surface area contributed by atoms with E-state index >= 15 is 0 Å². The molecule has 2 aromatic carbocycles. The SMILES string of the molecule is NC1C2CCCC1CC(C(=O)N1Cc3ccccc3-c3ccccc3C1)C2. The summed E-state index contributed by atoms with van der Waals surface area (Å²) >= 11 is 0. The lowest BCUT2D eigenvalue weighted by atomic mass is 9.65. The van der Waals surface area contributed by atoms with Gasteiger partial charge in [-0.3, -0.25) is 4.79 Å². The number of rotatable bonds is 1. The molecule has 27 heavy (non-hydrogen) atoms. The van der Waals surface area contributed by atoms with E-state index in [-0.39, 0.29) is 5.92 Å². The second-order valence-electron chi connectivity index (χ2n) is 8.71. The third-order valence-electron chi connectivity index (χ3n) is 7.12. The van der Waals surface area contributed by atoms with Crippen LogP contribution in [-0.2, 0) is 17.9 Å². The van der Waals surface area contributed by atoms with Crippen LogP contribution in [0.1, 0.15) is 43.2 Å². The molecule has 3 nitrogen and oxygen atoms in total. The third kappa shape index (κ3) is 2.98. The molecule has 2 unspecified atom stereocenters. The van der Waals surface area contributed by atoms with Gasteiger partial charge in [0.1, 0.15) is 0 Å². The predicted molar refractivity (Wildman–Crippen MR) is 108 cm³/mol. The molecule has 0 spiro atoms. The van der Waals surface area contributed by atoms with Gasteiger partial charge in [-0.05, 0) is 59.8 Å². The lowest BCUT2D eigenvalue weighted by molar-refractivity contribution is -0.139. The zero-order valence-electron chi connectivity index (χ0n) is 15.8. The summed E-state index contributed by atoms with van der Waals surface area (Å²) in [5.41, 5.74) is 11.5. The summed E-state index contributed by atoms with van der Waals surface area (Å²) in [6.07, 6.45) is 5.65. The molecule has 0 saturated heterocycles. The van der Waals surface area contributed by atoms with Crippen molar-refractivity contribution in [3.8, 4) is 11.1 Å². The van der Waals surface area contributed by atoms with E-state index in [0.29, 0.717) is 36.9 Å². The minimum absolute atomic E-state index is 0.150. The Kier molecular flexibility index (Phi) is 4.28. The summed E-state index contributed by atoms with van der Waals surface area (Å²) in [7, 11) is 0. The number of nitrogens with zero attached hydrogens (tertiary/aromatic N) is 1. The van der Waals surface area contributed by atoms with E-state index in [2.05, 4.69) is 53.4 Å². The Bertz CT molecular complexity index is 799. The first-order valence-corrected chi connectivity index (χ1v) is 10.4. The van der Waals surface area contributed by atoms with Crippen LogP contribution in [0.2, 0.25) is 0 Å². The Morgan fingerprint density at radius 1 is 0.852 bits per heavy atom. The van der Waals surface area contributed by atoms with Crippen molar-refractivity contribution in [3.05, 3.63) is 59.7 Å². The first kappa shape index (κ1) is 17.0. The van der Waals surface area contributed by atoms with E-state index < -0.39 is 0 Å². The number of amides is 1. The van der Waals surface area contributed by atoms with Crippen LogP contribution in [-0.4, -0.2) is 16.8 Å². The van der Waals surface area contributed by atoms with Gasteiger partial charge in [0.05, 0.1) is 0 Å². The van der Waals surface area contributed by atoms with Crippen LogP contribution >= 0.6 is 0 Å². The fraction of sp³-hybridized carbons (Fsp3) is 0.458. The van der Waals surface area contributed by atoms with Crippen molar-refractivity contribution in [2.75, 3.05) is 0 Å². The third-order valence-corrected chi connectivity index (χ3v) is 7.12. The molecule has 3 aliphatic rings. The molecule has 0 aromatic heterocycles. The van der Waals surface area contributed by atoms with E-state index in [1.165, 1.54) is 41.5 Å². The lowest BCUT2D eigenvalue weighted by Gasteiger charge is -2.44. The van der Waals surface area contributed by atoms with Gasteiger partial charge < -0.3 is 10.6 Å². The fourth-order valence-corrected chi connectivity index (χ4v) is 5.71. The topological polar surface area (TPSA) is 46.3 Å². The van der Waals surface area contributed by atoms with Crippen LogP contribution < -0.4 is 5.73 Å². The second kappa shape index (κ2) is 6.79. The Hall–Kier alpha value is -2.13. The maximum Gasteiger partial charge on any atom is 0.226 e. The fourth-order valence-electron chi connectivity index (χ4n) is 5.71. The van der Waals surface area contributed by atoms with Crippen LogP contribution in [0.5, 0.6) is 0 Å². The molecule has 1 heterocycles. The van der Waals surface area contributed by atoms with Gasteiger partial charge in [0.2, 0.25) is 5.91 Å². The van der Waals surface area contributed by atoms with Crippen LogP contribution in [0.4, 0.5) is 0 Å². The average Bonchev–Trinajstić information content (AvgIpc) is 2.84. The van der Waals surface area contributed by atoms with Gasteiger partial charge in [0, 0.05) is 25.0 Å². The quantitative estimate of drug-likeness (QED) is 0.822. The highest BCUT2D eigenvalue weighted by Gasteiger charge is 2.41. The van der Waals surface area contributed by atoms with Crippen LogP contribution in [0.3, 0.4) is 0 Å². The molecule has 2 N–H and O–H groups in total. The highest BCUT2D eigenvalue weighted by Crippen LogP contribution is 2.43. The maximum absolute atomic E-state index is 13.5. The van der Waals surface area contributed by atoms with Gasteiger partial charge in [0.25, 0.3) is 0 Å². The number of fused-ring (bicyclic) bond motifs is 5. The average molecular weight is 361 g/mol. The molecule has 0 radical (unpaired) electrons. The minimum atomic E-state index is 0.150. The molecule has 2 fully saturated rings. The van der Waals surface area contributed by atoms with Crippen molar-refractivity contribution < 1.29 is 4.79 Å².